The quantitative estimate of drug-likeness (QED) is 0.330. The third-order valence-corrected chi connectivity index (χ3v) is 4.72. The largest absolute Gasteiger partial charge is 0.493 e. The Morgan fingerprint density at radius 3 is 2.57 bits per heavy atom. The van der Waals surface area contributed by atoms with Crippen LogP contribution in [0.25, 0.3) is 11.0 Å². The number of anilines is 1. The van der Waals surface area contributed by atoms with Gasteiger partial charge in [0.05, 0.1) is 24.4 Å². The van der Waals surface area contributed by atoms with Gasteiger partial charge in [0.15, 0.2) is 11.5 Å². The van der Waals surface area contributed by atoms with Gasteiger partial charge in [0.2, 0.25) is 5.95 Å². The van der Waals surface area contributed by atoms with Crippen molar-refractivity contribution in [2.45, 2.75) is 20.5 Å². The zero-order chi connectivity index (χ0) is 20.9. The summed E-state index contributed by atoms with van der Waals surface area (Å²) < 4.78 is 11.4. The highest BCUT2D eigenvalue weighted by atomic mass is 16.5. The maximum absolute atomic E-state index is 5.98. The van der Waals surface area contributed by atoms with E-state index in [1.807, 2.05) is 37.3 Å². The summed E-state index contributed by atoms with van der Waals surface area (Å²) in [4.78, 5) is 7.69. The standard InChI is InChI=1S/C24H24N4O2/c1-16-4-7-18(8-5-16)15-30-23-13-19(9-11-22(23)29-3)14-25-28-24-26-20-10-6-17(2)12-21(20)27-24/h4-14H,15H2,1-3H3,(H2,26,27,28)/b25-14-. The molecule has 0 saturated carbocycles. The molecule has 1 heterocycles. The number of aromatic amines is 1. The van der Waals surface area contributed by atoms with Gasteiger partial charge in [0, 0.05) is 0 Å². The number of aryl methyl sites for hydroxylation is 2. The first-order valence-corrected chi connectivity index (χ1v) is 9.72. The van der Waals surface area contributed by atoms with Crippen molar-refractivity contribution in [2.75, 3.05) is 12.5 Å². The van der Waals surface area contributed by atoms with Gasteiger partial charge in [-0.3, -0.25) is 0 Å². The fraction of sp³-hybridized carbons (Fsp3) is 0.167. The second kappa shape index (κ2) is 8.69. The van der Waals surface area contributed by atoms with Gasteiger partial charge in [-0.25, -0.2) is 10.4 Å². The SMILES string of the molecule is COc1ccc(/C=N\Nc2nc3ccc(C)cc3[nH]2)cc1OCc1ccc(C)cc1. The average molecular weight is 400 g/mol. The van der Waals surface area contributed by atoms with Gasteiger partial charge >= 0.3 is 0 Å². The van der Waals surface area contributed by atoms with Crippen LogP contribution in [0.3, 0.4) is 0 Å². The molecule has 0 aliphatic carbocycles. The predicted octanol–water partition coefficient (Wildman–Crippen LogP) is 5.21. The smallest absolute Gasteiger partial charge is 0.222 e. The van der Waals surface area contributed by atoms with Gasteiger partial charge in [0.1, 0.15) is 6.61 Å². The van der Waals surface area contributed by atoms with E-state index >= 15 is 0 Å². The number of hydrazone groups is 1. The van der Waals surface area contributed by atoms with Crippen molar-refractivity contribution in [3.8, 4) is 11.5 Å². The van der Waals surface area contributed by atoms with Crippen LogP contribution in [0.4, 0.5) is 5.95 Å². The maximum atomic E-state index is 5.98. The van der Waals surface area contributed by atoms with Crippen LogP contribution in [0.5, 0.6) is 11.5 Å². The minimum Gasteiger partial charge on any atom is -0.493 e. The number of nitrogens with one attached hydrogen (secondary N) is 2. The second-order valence-electron chi connectivity index (χ2n) is 7.16. The van der Waals surface area contributed by atoms with Crippen molar-refractivity contribution >= 4 is 23.2 Å². The summed E-state index contributed by atoms with van der Waals surface area (Å²) >= 11 is 0. The minimum atomic E-state index is 0.466. The Morgan fingerprint density at radius 1 is 0.967 bits per heavy atom. The lowest BCUT2D eigenvalue weighted by Gasteiger charge is -2.11. The Hall–Kier alpha value is -3.80. The fourth-order valence-electron chi connectivity index (χ4n) is 3.08. The summed E-state index contributed by atoms with van der Waals surface area (Å²) in [6, 6.07) is 20.0. The molecular weight excluding hydrogens is 376 g/mol. The monoisotopic (exact) mass is 400 g/mol. The molecule has 4 aromatic rings. The van der Waals surface area contributed by atoms with Crippen molar-refractivity contribution in [2.24, 2.45) is 5.10 Å². The number of fused-ring (bicyclic) bond motifs is 1. The molecule has 3 aromatic carbocycles. The minimum absolute atomic E-state index is 0.466. The third-order valence-electron chi connectivity index (χ3n) is 4.72. The van der Waals surface area contributed by atoms with E-state index < -0.39 is 0 Å². The summed E-state index contributed by atoms with van der Waals surface area (Å²) in [6.45, 7) is 4.58. The highest BCUT2D eigenvalue weighted by Gasteiger charge is 2.06. The maximum Gasteiger partial charge on any atom is 0.222 e. The number of ether oxygens (including phenoxy) is 2. The number of benzene rings is 3. The van der Waals surface area contributed by atoms with Gasteiger partial charge < -0.3 is 14.5 Å². The number of hydrogen-bond acceptors (Lipinski definition) is 5. The first kappa shape index (κ1) is 19.5. The molecule has 4 rings (SSSR count). The molecular formula is C24H24N4O2. The number of imidazole rings is 1. The van der Waals surface area contributed by atoms with Crippen molar-refractivity contribution in [1.82, 2.24) is 9.97 Å². The molecule has 6 heteroatoms. The predicted molar refractivity (Wildman–Crippen MR) is 121 cm³/mol. The number of methoxy groups -OCH3 is 1. The molecule has 30 heavy (non-hydrogen) atoms. The normalized spacial score (nSPS) is 11.2. The van der Waals surface area contributed by atoms with E-state index in [4.69, 9.17) is 9.47 Å². The lowest BCUT2D eigenvalue weighted by atomic mass is 10.1. The van der Waals surface area contributed by atoms with Gasteiger partial charge in [0.25, 0.3) is 0 Å². The molecule has 0 saturated heterocycles. The van der Waals surface area contributed by atoms with E-state index in [2.05, 4.69) is 57.8 Å². The summed E-state index contributed by atoms with van der Waals surface area (Å²) in [6.07, 6.45) is 1.72. The first-order chi connectivity index (χ1) is 14.6. The van der Waals surface area contributed by atoms with Crippen LogP contribution >= 0.6 is 0 Å². The lowest BCUT2D eigenvalue weighted by Crippen LogP contribution is -1.99. The van der Waals surface area contributed by atoms with Crippen molar-refractivity contribution in [3.05, 3.63) is 82.9 Å². The third kappa shape index (κ3) is 4.60. The van der Waals surface area contributed by atoms with Crippen molar-refractivity contribution in [3.63, 3.8) is 0 Å². The van der Waals surface area contributed by atoms with Gasteiger partial charge in [-0.15, -0.1) is 0 Å². The Kier molecular flexibility index (Phi) is 5.66. The first-order valence-electron chi connectivity index (χ1n) is 9.72. The molecule has 0 fully saturated rings. The van der Waals surface area contributed by atoms with Crippen LogP contribution in [0.2, 0.25) is 0 Å². The Bertz CT molecular complexity index is 1180. The highest BCUT2D eigenvalue weighted by Crippen LogP contribution is 2.28. The molecule has 0 atom stereocenters. The average Bonchev–Trinajstić information content (AvgIpc) is 3.15. The van der Waals surface area contributed by atoms with E-state index in [1.54, 1.807) is 13.3 Å². The molecule has 0 aliphatic heterocycles. The van der Waals surface area contributed by atoms with E-state index in [0.717, 1.165) is 22.2 Å². The van der Waals surface area contributed by atoms with Crippen LogP contribution in [0.15, 0.2) is 65.8 Å². The Labute approximate surface area is 175 Å². The molecule has 0 unspecified atom stereocenters. The van der Waals surface area contributed by atoms with Crippen molar-refractivity contribution < 1.29 is 9.47 Å². The molecule has 0 bridgehead atoms. The molecule has 6 nitrogen and oxygen atoms in total. The number of rotatable bonds is 7. The van der Waals surface area contributed by atoms with Crippen LogP contribution in [0, 0.1) is 13.8 Å². The molecule has 152 valence electrons. The van der Waals surface area contributed by atoms with Crippen LogP contribution in [-0.4, -0.2) is 23.3 Å². The van der Waals surface area contributed by atoms with E-state index in [1.165, 1.54) is 11.1 Å². The van der Waals surface area contributed by atoms with Crippen LogP contribution in [-0.2, 0) is 6.61 Å². The summed E-state index contributed by atoms with van der Waals surface area (Å²) in [5.74, 6) is 1.94. The topological polar surface area (TPSA) is 71.5 Å². The molecule has 2 N–H and O–H groups in total. The summed E-state index contributed by atoms with van der Waals surface area (Å²) in [5.41, 5.74) is 9.20. The lowest BCUT2D eigenvalue weighted by molar-refractivity contribution is 0.284. The number of nitrogens with zero attached hydrogens (tertiary/aromatic N) is 2. The Morgan fingerprint density at radius 2 is 1.77 bits per heavy atom. The van der Waals surface area contributed by atoms with Crippen molar-refractivity contribution in [1.29, 1.82) is 0 Å². The summed E-state index contributed by atoms with van der Waals surface area (Å²) in [7, 11) is 1.63. The van der Waals surface area contributed by atoms with Crippen LogP contribution in [0.1, 0.15) is 22.3 Å². The fourth-order valence-corrected chi connectivity index (χ4v) is 3.08. The van der Waals surface area contributed by atoms with Gasteiger partial charge in [-0.2, -0.15) is 5.10 Å². The summed E-state index contributed by atoms with van der Waals surface area (Å²) in [5, 5.41) is 4.29. The number of hydrogen-bond donors (Lipinski definition) is 2. The zero-order valence-electron chi connectivity index (χ0n) is 17.3. The second-order valence-corrected chi connectivity index (χ2v) is 7.16. The zero-order valence-corrected chi connectivity index (χ0v) is 17.3. The van der Waals surface area contributed by atoms with E-state index in [9.17, 15) is 0 Å². The van der Waals surface area contributed by atoms with Crippen LogP contribution < -0.4 is 14.9 Å². The molecule has 1 aromatic heterocycles. The number of H-pyrrole nitrogens is 1. The van der Waals surface area contributed by atoms with Gasteiger partial charge in [-0.05, 0) is 60.9 Å². The number of aromatic nitrogens is 2. The highest BCUT2D eigenvalue weighted by molar-refractivity contribution is 5.82. The molecule has 0 radical (unpaired) electrons. The molecule has 0 aliphatic rings. The van der Waals surface area contributed by atoms with E-state index in [0.29, 0.717) is 24.1 Å². The Balaban J connectivity index is 1.45. The van der Waals surface area contributed by atoms with Gasteiger partial charge in [-0.1, -0.05) is 35.9 Å². The molecule has 0 spiro atoms. The molecule has 0 amide bonds. The van der Waals surface area contributed by atoms with E-state index in [-0.39, 0.29) is 0 Å².